The SMILES string of the molecule is COc1ccc(CN2CCC(c3ccccc3)CC2)c2cc(-c3ccccn3)oc12. The molecule has 5 rings (SSSR count). The number of likely N-dealkylation sites (tertiary alicyclic amines) is 1. The maximum Gasteiger partial charge on any atom is 0.177 e. The van der Waals surface area contributed by atoms with E-state index in [-0.39, 0.29) is 0 Å². The molecule has 1 saturated heterocycles. The fourth-order valence-corrected chi connectivity index (χ4v) is 4.48. The van der Waals surface area contributed by atoms with E-state index in [0.717, 1.165) is 47.8 Å². The fraction of sp³-hybridized carbons (Fsp3) is 0.269. The van der Waals surface area contributed by atoms with Crippen molar-refractivity contribution >= 4 is 11.0 Å². The van der Waals surface area contributed by atoms with Gasteiger partial charge in [-0.25, -0.2) is 0 Å². The standard InChI is InChI=1S/C26H26N2O2/c1-29-24-11-10-21(22-17-25(30-26(22)24)23-9-5-6-14-27-23)18-28-15-12-20(13-16-28)19-7-3-2-4-8-19/h2-11,14,17,20H,12-13,15-16,18H2,1H3. The monoisotopic (exact) mass is 398 g/mol. The van der Waals surface area contributed by atoms with Crippen LogP contribution in [-0.4, -0.2) is 30.1 Å². The van der Waals surface area contributed by atoms with Gasteiger partial charge in [-0.2, -0.15) is 0 Å². The zero-order valence-electron chi connectivity index (χ0n) is 17.3. The second-order valence-corrected chi connectivity index (χ2v) is 7.96. The molecule has 0 unspecified atom stereocenters. The average molecular weight is 399 g/mol. The first kappa shape index (κ1) is 18.9. The maximum atomic E-state index is 6.17. The minimum Gasteiger partial charge on any atom is -0.493 e. The number of piperidine rings is 1. The van der Waals surface area contributed by atoms with Gasteiger partial charge in [0.25, 0.3) is 0 Å². The molecule has 0 saturated carbocycles. The van der Waals surface area contributed by atoms with Crippen molar-refractivity contribution in [2.24, 2.45) is 0 Å². The van der Waals surface area contributed by atoms with Gasteiger partial charge in [-0.05, 0) is 67.2 Å². The van der Waals surface area contributed by atoms with E-state index in [1.165, 1.54) is 24.0 Å². The Morgan fingerprint density at radius 1 is 1.00 bits per heavy atom. The molecule has 2 aromatic carbocycles. The van der Waals surface area contributed by atoms with Gasteiger partial charge in [0.1, 0.15) is 5.69 Å². The van der Waals surface area contributed by atoms with Crippen LogP contribution in [0.15, 0.2) is 77.3 Å². The summed E-state index contributed by atoms with van der Waals surface area (Å²) < 4.78 is 11.7. The number of aromatic nitrogens is 1. The number of rotatable bonds is 5. The van der Waals surface area contributed by atoms with E-state index in [0.29, 0.717) is 5.92 Å². The van der Waals surface area contributed by atoms with Gasteiger partial charge >= 0.3 is 0 Å². The van der Waals surface area contributed by atoms with E-state index in [2.05, 4.69) is 52.3 Å². The highest BCUT2D eigenvalue weighted by Gasteiger charge is 2.22. The third-order valence-corrected chi connectivity index (χ3v) is 6.13. The van der Waals surface area contributed by atoms with Crippen LogP contribution in [-0.2, 0) is 6.54 Å². The Bertz CT molecular complexity index is 1110. The van der Waals surface area contributed by atoms with Crippen molar-refractivity contribution in [2.45, 2.75) is 25.3 Å². The number of fused-ring (bicyclic) bond motifs is 1. The van der Waals surface area contributed by atoms with Gasteiger partial charge in [-0.3, -0.25) is 9.88 Å². The number of hydrogen-bond donors (Lipinski definition) is 0. The van der Waals surface area contributed by atoms with Crippen LogP contribution in [0, 0.1) is 0 Å². The number of furan rings is 1. The van der Waals surface area contributed by atoms with Crippen LogP contribution in [0.25, 0.3) is 22.4 Å². The summed E-state index contributed by atoms with van der Waals surface area (Å²) in [4.78, 5) is 6.99. The first-order valence-corrected chi connectivity index (χ1v) is 10.6. The number of methoxy groups -OCH3 is 1. The zero-order valence-corrected chi connectivity index (χ0v) is 17.3. The lowest BCUT2D eigenvalue weighted by Gasteiger charge is -2.32. The summed E-state index contributed by atoms with van der Waals surface area (Å²) in [5, 5.41) is 1.11. The van der Waals surface area contributed by atoms with Crippen LogP contribution in [0.4, 0.5) is 0 Å². The highest BCUT2D eigenvalue weighted by Crippen LogP contribution is 2.36. The van der Waals surface area contributed by atoms with Crippen LogP contribution >= 0.6 is 0 Å². The molecule has 152 valence electrons. The van der Waals surface area contributed by atoms with Gasteiger partial charge in [-0.1, -0.05) is 42.5 Å². The molecule has 4 heteroatoms. The van der Waals surface area contributed by atoms with E-state index in [1.807, 2.05) is 24.3 Å². The molecular weight excluding hydrogens is 372 g/mol. The van der Waals surface area contributed by atoms with Gasteiger partial charge in [0.05, 0.1) is 7.11 Å². The Kier molecular flexibility index (Phi) is 5.24. The van der Waals surface area contributed by atoms with Crippen LogP contribution in [0.2, 0.25) is 0 Å². The molecular formula is C26H26N2O2. The second-order valence-electron chi connectivity index (χ2n) is 7.96. The van der Waals surface area contributed by atoms with Crippen LogP contribution in [0.5, 0.6) is 5.75 Å². The van der Waals surface area contributed by atoms with Crippen molar-refractivity contribution in [3.63, 3.8) is 0 Å². The van der Waals surface area contributed by atoms with Gasteiger partial charge in [0.2, 0.25) is 0 Å². The quantitative estimate of drug-likeness (QED) is 0.421. The number of pyridine rings is 1. The lowest BCUT2D eigenvalue weighted by molar-refractivity contribution is 0.205. The number of nitrogens with zero attached hydrogens (tertiary/aromatic N) is 2. The van der Waals surface area contributed by atoms with Crippen molar-refractivity contribution in [1.82, 2.24) is 9.88 Å². The Hall–Kier alpha value is -3.11. The molecule has 0 amide bonds. The number of benzene rings is 2. The molecule has 0 bridgehead atoms. The predicted molar refractivity (Wildman–Crippen MR) is 120 cm³/mol. The molecule has 0 spiro atoms. The first-order valence-electron chi connectivity index (χ1n) is 10.6. The largest absolute Gasteiger partial charge is 0.493 e. The Labute approximate surface area is 177 Å². The fourth-order valence-electron chi connectivity index (χ4n) is 4.48. The molecule has 3 heterocycles. The summed E-state index contributed by atoms with van der Waals surface area (Å²) in [6.07, 6.45) is 4.19. The third kappa shape index (κ3) is 3.71. The van der Waals surface area contributed by atoms with Crippen molar-refractivity contribution in [3.8, 4) is 17.2 Å². The average Bonchev–Trinajstić information content (AvgIpc) is 3.27. The van der Waals surface area contributed by atoms with E-state index in [9.17, 15) is 0 Å². The molecule has 1 aliphatic heterocycles. The molecule has 4 nitrogen and oxygen atoms in total. The number of hydrogen-bond acceptors (Lipinski definition) is 4. The lowest BCUT2D eigenvalue weighted by atomic mass is 9.89. The van der Waals surface area contributed by atoms with Crippen LogP contribution in [0.3, 0.4) is 0 Å². The normalized spacial score (nSPS) is 15.5. The molecule has 4 aromatic rings. The third-order valence-electron chi connectivity index (χ3n) is 6.13. The van der Waals surface area contributed by atoms with E-state index < -0.39 is 0 Å². The highest BCUT2D eigenvalue weighted by molar-refractivity contribution is 5.89. The number of ether oxygens (including phenoxy) is 1. The van der Waals surface area contributed by atoms with Crippen LogP contribution in [0.1, 0.15) is 29.9 Å². The van der Waals surface area contributed by atoms with Gasteiger partial charge < -0.3 is 9.15 Å². The minimum absolute atomic E-state index is 0.669. The van der Waals surface area contributed by atoms with Crippen molar-refractivity contribution in [3.05, 3.63) is 84.1 Å². The summed E-state index contributed by atoms with van der Waals surface area (Å²) >= 11 is 0. The van der Waals surface area contributed by atoms with Gasteiger partial charge in [0.15, 0.2) is 17.1 Å². The van der Waals surface area contributed by atoms with Crippen LogP contribution < -0.4 is 4.74 Å². The molecule has 1 aliphatic rings. The van der Waals surface area contributed by atoms with E-state index in [4.69, 9.17) is 9.15 Å². The molecule has 2 aromatic heterocycles. The van der Waals surface area contributed by atoms with Gasteiger partial charge in [-0.15, -0.1) is 0 Å². The molecule has 0 N–H and O–H groups in total. The smallest absolute Gasteiger partial charge is 0.177 e. The molecule has 0 atom stereocenters. The summed E-state index contributed by atoms with van der Waals surface area (Å²) in [7, 11) is 1.69. The molecule has 1 fully saturated rings. The second kappa shape index (κ2) is 8.33. The lowest BCUT2D eigenvalue weighted by Crippen LogP contribution is -2.32. The van der Waals surface area contributed by atoms with Crippen molar-refractivity contribution in [2.75, 3.05) is 20.2 Å². The Morgan fingerprint density at radius 3 is 2.53 bits per heavy atom. The Balaban J connectivity index is 1.38. The van der Waals surface area contributed by atoms with E-state index >= 15 is 0 Å². The molecule has 30 heavy (non-hydrogen) atoms. The molecule has 0 radical (unpaired) electrons. The maximum absolute atomic E-state index is 6.17. The van der Waals surface area contributed by atoms with Crippen molar-refractivity contribution in [1.29, 1.82) is 0 Å². The van der Waals surface area contributed by atoms with Crippen molar-refractivity contribution < 1.29 is 9.15 Å². The summed E-state index contributed by atoms with van der Waals surface area (Å²) in [5.41, 5.74) is 4.38. The van der Waals surface area contributed by atoms with E-state index in [1.54, 1.807) is 13.3 Å². The summed E-state index contributed by atoms with van der Waals surface area (Å²) in [5.74, 6) is 2.21. The topological polar surface area (TPSA) is 38.5 Å². The molecule has 0 aliphatic carbocycles. The van der Waals surface area contributed by atoms with Gasteiger partial charge in [0, 0.05) is 18.1 Å². The summed E-state index contributed by atoms with van der Waals surface area (Å²) in [6.45, 7) is 3.14. The highest BCUT2D eigenvalue weighted by atomic mass is 16.5. The summed E-state index contributed by atoms with van der Waals surface area (Å²) in [6, 6.07) is 23.1. The zero-order chi connectivity index (χ0) is 20.3. The minimum atomic E-state index is 0.669. The Morgan fingerprint density at radius 2 is 1.80 bits per heavy atom. The predicted octanol–water partition coefficient (Wildman–Crippen LogP) is 5.88. The first-order chi connectivity index (χ1) is 14.8.